The lowest BCUT2D eigenvalue weighted by Gasteiger charge is -2.36. The largest absolute Gasteiger partial charge is 0.374 e. The number of aromatic nitrogens is 7. The van der Waals surface area contributed by atoms with Crippen molar-refractivity contribution in [2.75, 3.05) is 56.7 Å². The number of aryl methyl sites for hydroxylation is 1. The number of alkyl halides is 2. The maximum atomic E-state index is 14.3. The zero-order chi connectivity index (χ0) is 44.2. The summed E-state index contributed by atoms with van der Waals surface area (Å²) in [5.41, 5.74) is 1.66. The minimum atomic E-state index is -2.86. The summed E-state index contributed by atoms with van der Waals surface area (Å²) in [6.07, 6.45) is 8.76. The van der Waals surface area contributed by atoms with Crippen molar-refractivity contribution in [2.24, 2.45) is 13.0 Å². The third-order valence-corrected chi connectivity index (χ3v) is 13.9. The molecule has 5 aromatic rings. The Hall–Kier alpha value is -5.97. The van der Waals surface area contributed by atoms with Crippen LogP contribution in [0.25, 0.3) is 16.7 Å². The number of imide groups is 1. The zero-order valence-corrected chi connectivity index (χ0v) is 35.9. The molecule has 4 saturated heterocycles. The summed E-state index contributed by atoms with van der Waals surface area (Å²) < 4.78 is 46.6. The van der Waals surface area contributed by atoms with E-state index in [1.54, 1.807) is 24.0 Å². The maximum Gasteiger partial charge on any atom is 0.329 e. The fraction of sp³-hybridized carbons (Fsp3) is 0.533. The van der Waals surface area contributed by atoms with Gasteiger partial charge in [0.15, 0.2) is 11.3 Å². The van der Waals surface area contributed by atoms with E-state index in [0.717, 1.165) is 81.8 Å². The van der Waals surface area contributed by atoms with Crippen molar-refractivity contribution in [1.82, 2.24) is 43.3 Å². The molecule has 0 spiro atoms. The Morgan fingerprint density at radius 3 is 2.59 bits per heavy atom. The normalized spacial score (nSPS) is 24.4. The number of amides is 3. The molecule has 3 atom stereocenters. The number of para-hydroxylation sites is 1. The van der Waals surface area contributed by atoms with Crippen molar-refractivity contribution in [3.8, 4) is 11.8 Å². The molecule has 8 heterocycles. The van der Waals surface area contributed by atoms with Gasteiger partial charge in [-0.15, -0.1) is 0 Å². The molecule has 4 aromatic heterocycles. The Morgan fingerprint density at radius 1 is 1.03 bits per heavy atom. The van der Waals surface area contributed by atoms with Crippen molar-refractivity contribution in [2.45, 2.75) is 94.5 Å². The number of nitrogens with one attached hydrogen (secondary N) is 1. The van der Waals surface area contributed by atoms with Gasteiger partial charge < -0.3 is 24.6 Å². The van der Waals surface area contributed by atoms with Gasteiger partial charge in [-0.2, -0.15) is 10.2 Å². The van der Waals surface area contributed by atoms with Gasteiger partial charge in [0.1, 0.15) is 24.0 Å². The van der Waals surface area contributed by atoms with Crippen LogP contribution in [0.5, 0.6) is 0 Å². The van der Waals surface area contributed by atoms with Gasteiger partial charge in [0, 0.05) is 59.1 Å². The van der Waals surface area contributed by atoms with Crippen LogP contribution in [0.4, 0.5) is 20.3 Å². The Balaban J connectivity index is 0.700. The fourth-order valence-electron chi connectivity index (χ4n) is 10.4. The fourth-order valence-corrected chi connectivity index (χ4v) is 10.4. The van der Waals surface area contributed by atoms with Crippen LogP contribution in [0, 0.1) is 17.8 Å². The van der Waals surface area contributed by atoms with Gasteiger partial charge in [0.2, 0.25) is 5.91 Å². The van der Waals surface area contributed by atoms with Gasteiger partial charge in [-0.25, -0.2) is 23.1 Å². The second-order valence-electron chi connectivity index (χ2n) is 17.8. The second-order valence-corrected chi connectivity index (χ2v) is 17.8. The molecule has 5 fully saturated rings. The van der Waals surface area contributed by atoms with E-state index in [-0.39, 0.29) is 72.5 Å². The highest BCUT2D eigenvalue weighted by atomic mass is 19.3. The highest BCUT2D eigenvalue weighted by Crippen LogP contribution is 2.37. The summed E-state index contributed by atoms with van der Waals surface area (Å²) in [7, 11) is 3.12. The molecule has 10 rings (SSSR count). The SMILES string of the molecule is CN1C(=O)CCC(n2c(=O)n(C)c3c(C#CCOC4CCN(C[C@H]5CC[C@H](n6cc(NC(=O)c7cnn8ccc(N9C[C@H]%10C[C@@H]9CO%10)nc78)c(C(F)F)n6)CC5)CC4)cccc32)C1=O. The van der Waals surface area contributed by atoms with Gasteiger partial charge in [-0.3, -0.25) is 33.1 Å². The number of imidazole rings is 1. The van der Waals surface area contributed by atoms with Crippen LogP contribution >= 0.6 is 0 Å². The van der Waals surface area contributed by atoms with E-state index in [9.17, 15) is 28.0 Å². The van der Waals surface area contributed by atoms with E-state index in [1.807, 2.05) is 18.2 Å². The molecule has 64 heavy (non-hydrogen) atoms. The number of anilines is 2. The standard InChI is InChI=1S/C45H51F2N11O6/c1-52-38(59)13-12-36(44(52)61)58-35-7-3-5-28(40(35)53(2)45(58)62)6-4-20-63-31-14-17-54(18-15-31)23-27-8-10-29(11-9-27)57-25-34(39(51-57)41(46)47)49-43(60)33-22-48-56-19-16-37(50-42(33)56)55-24-32-21-30(55)26-64-32/h3,5,7,16,19,22,25,27,29-32,36,41H,8-15,17-18,20-21,23-24,26H2,1-2H3,(H,49,60)/t27-,29-,30-,32-,36?/m1/s1. The minimum absolute atomic E-state index is 0.0101. The number of piperidine rings is 2. The molecule has 1 aromatic carbocycles. The lowest BCUT2D eigenvalue weighted by atomic mass is 9.85. The van der Waals surface area contributed by atoms with E-state index < -0.39 is 24.1 Å². The van der Waals surface area contributed by atoms with Crippen LogP contribution in [0.15, 0.2) is 47.7 Å². The number of nitrogens with zero attached hydrogens (tertiary/aromatic N) is 10. The number of carbonyl (C=O) groups excluding carboxylic acids is 3. The number of ether oxygens (including phenoxy) is 2. The smallest absolute Gasteiger partial charge is 0.329 e. The Bertz CT molecular complexity index is 2730. The number of likely N-dealkylation sites (N-methyl/N-ethyl adjacent to an activating group) is 1. The summed E-state index contributed by atoms with van der Waals surface area (Å²) in [4.78, 5) is 62.4. The van der Waals surface area contributed by atoms with Gasteiger partial charge in [-0.05, 0) is 75.5 Å². The number of fused-ring (bicyclic) bond motifs is 4. The van der Waals surface area contributed by atoms with Crippen LogP contribution in [0.2, 0.25) is 0 Å². The molecule has 1 unspecified atom stereocenters. The van der Waals surface area contributed by atoms with Crippen LogP contribution in [0.1, 0.15) is 97.9 Å². The molecule has 3 amide bonds. The molecule has 1 N–H and O–H groups in total. The highest BCUT2D eigenvalue weighted by Gasteiger charge is 2.40. The van der Waals surface area contributed by atoms with E-state index in [1.165, 1.54) is 33.1 Å². The van der Waals surface area contributed by atoms with Gasteiger partial charge in [-0.1, -0.05) is 17.9 Å². The van der Waals surface area contributed by atoms with Crippen LogP contribution in [-0.4, -0.2) is 126 Å². The number of benzene rings is 1. The lowest BCUT2D eigenvalue weighted by Crippen LogP contribution is -2.45. The molecule has 1 saturated carbocycles. The number of hydrogen-bond donors (Lipinski definition) is 1. The van der Waals surface area contributed by atoms with E-state index in [0.29, 0.717) is 34.8 Å². The van der Waals surface area contributed by atoms with Crippen LogP contribution in [-0.2, 0) is 26.1 Å². The molecular formula is C45H51F2N11O6. The summed E-state index contributed by atoms with van der Waals surface area (Å²) in [5.74, 6) is 6.31. The van der Waals surface area contributed by atoms with Crippen molar-refractivity contribution >= 4 is 45.9 Å². The number of carbonyl (C=O) groups is 3. The van der Waals surface area contributed by atoms with E-state index >= 15 is 0 Å². The number of halogens is 2. The zero-order valence-electron chi connectivity index (χ0n) is 35.9. The summed E-state index contributed by atoms with van der Waals surface area (Å²) in [6, 6.07) is 6.78. The first-order valence-electron chi connectivity index (χ1n) is 22.2. The van der Waals surface area contributed by atoms with Crippen molar-refractivity contribution in [3.05, 3.63) is 70.2 Å². The number of hydrogen-bond acceptors (Lipinski definition) is 11. The average Bonchev–Trinajstić information content (AvgIpc) is 4.15. The quantitative estimate of drug-likeness (QED) is 0.157. The first-order chi connectivity index (χ1) is 31.0. The molecule has 5 aliphatic rings. The molecule has 336 valence electrons. The van der Waals surface area contributed by atoms with Crippen LogP contribution < -0.4 is 15.9 Å². The summed E-state index contributed by atoms with van der Waals surface area (Å²) in [5, 5.41) is 11.3. The molecule has 1 aliphatic carbocycles. The molecule has 4 aliphatic heterocycles. The second kappa shape index (κ2) is 17.2. The monoisotopic (exact) mass is 879 g/mol. The highest BCUT2D eigenvalue weighted by molar-refractivity contribution is 6.08. The first-order valence-corrected chi connectivity index (χ1v) is 22.2. The van der Waals surface area contributed by atoms with E-state index in [2.05, 4.69) is 37.2 Å². The van der Waals surface area contributed by atoms with Gasteiger partial charge >= 0.3 is 5.69 Å². The molecular weight excluding hydrogens is 829 g/mol. The van der Waals surface area contributed by atoms with E-state index in [4.69, 9.17) is 14.5 Å². The predicted molar refractivity (Wildman–Crippen MR) is 230 cm³/mol. The van der Waals surface area contributed by atoms with Crippen molar-refractivity contribution < 1.29 is 32.6 Å². The first kappa shape index (κ1) is 42.0. The number of morpholine rings is 1. The predicted octanol–water partition coefficient (Wildman–Crippen LogP) is 4.33. The molecule has 17 nitrogen and oxygen atoms in total. The third-order valence-electron chi connectivity index (χ3n) is 13.9. The molecule has 0 radical (unpaired) electrons. The lowest BCUT2D eigenvalue weighted by molar-refractivity contribution is -0.149. The average molecular weight is 880 g/mol. The molecule has 2 bridgehead atoms. The van der Waals surface area contributed by atoms with Crippen LogP contribution in [0.3, 0.4) is 0 Å². The summed E-state index contributed by atoms with van der Waals surface area (Å²) >= 11 is 0. The van der Waals surface area contributed by atoms with Crippen molar-refractivity contribution in [3.63, 3.8) is 0 Å². The van der Waals surface area contributed by atoms with Gasteiger partial charge in [0.05, 0.1) is 59.4 Å². The molecule has 19 heteroatoms. The van der Waals surface area contributed by atoms with Gasteiger partial charge in [0.25, 0.3) is 18.2 Å². The summed E-state index contributed by atoms with van der Waals surface area (Å²) in [6.45, 7) is 4.40. The Labute approximate surface area is 367 Å². The topological polar surface area (TPSA) is 166 Å². The van der Waals surface area contributed by atoms with Crippen molar-refractivity contribution in [1.29, 1.82) is 0 Å². The Morgan fingerprint density at radius 2 is 1.84 bits per heavy atom. The Kier molecular flexibility index (Phi) is 11.3. The number of rotatable bonds is 10. The maximum absolute atomic E-state index is 14.3. The third kappa shape index (κ3) is 7.85. The number of likely N-dealkylation sites (tertiary alicyclic amines) is 2. The minimum Gasteiger partial charge on any atom is -0.374 e.